The van der Waals surface area contributed by atoms with E-state index >= 15 is 0 Å². The molecule has 0 saturated heterocycles. The highest BCUT2D eigenvalue weighted by Crippen LogP contribution is 2.30. The largest absolute Gasteiger partial charge is 0.463 e. The lowest BCUT2D eigenvalue weighted by atomic mass is 10.1. The molecular formula is C13H9NO3. The number of esters is 1. The minimum absolute atomic E-state index is 0.197. The van der Waals surface area contributed by atoms with Crippen molar-refractivity contribution in [2.24, 2.45) is 4.99 Å². The Kier molecular flexibility index (Phi) is 2.08. The summed E-state index contributed by atoms with van der Waals surface area (Å²) < 4.78 is 10.2. The van der Waals surface area contributed by atoms with E-state index in [0.717, 1.165) is 10.9 Å². The number of rotatable bonds is 1. The molecule has 2 heterocycles. The van der Waals surface area contributed by atoms with Gasteiger partial charge in [0, 0.05) is 17.8 Å². The summed E-state index contributed by atoms with van der Waals surface area (Å²) in [6.45, 7) is 0. The molecule has 4 nitrogen and oxygen atoms in total. The Morgan fingerprint density at radius 2 is 2.29 bits per heavy atom. The van der Waals surface area contributed by atoms with Crippen LogP contribution in [0.15, 0.2) is 33.8 Å². The third kappa shape index (κ3) is 1.38. The molecule has 0 fully saturated rings. The first-order valence-electron chi connectivity index (χ1n) is 5.15. The van der Waals surface area contributed by atoms with Gasteiger partial charge in [0.25, 0.3) is 0 Å². The van der Waals surface area contributed by atoms with E-state index in [4.69, 9.17) is 9.15 Å². The molecule has 1 aromatic heterocycles. The van der Waals surface area contributed by atoms with Crippen LogP contribution in [0, 0.1) is 0 Å². The molecule has 2 aromatic rings. The first kappa shape index (κ1) is 9.84. The normalized spacial score (nSPS) is 12.8. The van der Waals surface area contributed by atoms with Crippen molar-refractivity contribution < 1.29 is 13.9 Å². The molecule has 0 atom stereocenters. The fourth-order valence-corrected chi connectivity index (χ4v) is 1.95. The number of furan rings is 1. The van der Waals surface area contributed by atoms with Crippen molar-refractivity contribution in [1.82, 2.24) is 0 Å². The minimum Gasteiger partial charge on any atom is -0.463 e. The summed E-state index contributed by atoms with van der Waals surface area (Å²) in [5.74, 6) is -0.294. The number of carbonyl (C=O) groups excluding carboxylic acids is 1. The molecule has 0 radical (unpaired) electrons. The van der Waals surface area contributed by atoms with E-state index in [1.807, 2.05) is 24.3 Å². The predicted octanol–water partition coefficient (Wildman–Crippen LogP) is 2.62. The number of hydrogen-bond donors (Lipinski definition) is 0. The van der Waals surface area contributed by atoms with Gasteiger partial charge in [-0.15, -0.1) is 0 Å². The van der Waals surface area contributed by atoms with Gasteiger partial charge in [-0.3, -0.25) is 4.99 Å². The minimum atomic E-state index is -0.490. The number of aliphatic imine (C=N–C) groups is 1. The van der Waals surface area contributed by atoms with E-state index in [1.54, 1.807) is 12.4 Å². The molecule has 84 valence electrons. The monoisotopic (exact) mass is 227 g/mol. The first-order chi connectivity index (χ1) is 8.31. The Morgan fingerprint density at radius 1 is 1.41 bits per heavy atom. The number of ether oxygens (including phenoxy) is 1. The Hall–Kier alpha value is -2.36. The van der Waals surface area contributed by atoms with Gasteiger partial charge in [-0.1, -0.05) is 12.1 Å². The van der Waals surface area contributed by atoms with E-state index in [9.17, 15) is 4.79 Å². The van der Waals surface area contributed by atoms with Crippen LogP contribution >= 0.6 is 0 Å². The standard InChI is InChI=1S/C13H9NO3/c1-16-13(15)12-9-7-14-6-5-8-3-2-4-10(17-12)11(8)9/h2-7H,1H3. The van der Waals surface area contributed by atoms with Gasteiger partial charge in [0.2, 0.25) is 5.76 Å². The van der Waals surface area contributed by atoms with Gasteiger partial charge in [0.15, 0.2) is 0 Å². The number of benzene rings is 1. The van der Waals surface area contributed by atoms with Gasteiger partial charge in [0.05, 0.1) is 12.7 Å². The van der Waals surface area contributed by atoms with Crippen molar-refractivity contribution in [2.45, 2.75) is 0 Å². The Morgan fingerprint density at radius 3 is 3.12 bits per heavy atom. The van der Waals surface area contributed by atoms with E-state index in [2.05, 4.69) is 4.99 Å². The van der Waals surface area contributed by atoms with Crippen LogP contribution in [0.25, 0.3) is 17.0 Å². The zero-order valence-corrected chi connectivity index (χ0v) is 9.14. The smallest absolute Gasteiger partial charge is 0.374 e. The van der Waals surface area contributed by atoms with Gasteiger partial charge in [-0.05, 0) is 17.7 Å². The van der Waals surface area contributed by atoms with E-state index < -0.39 is 5.97 Å². The van der Waals surface area contributed by atoms with Gasteiger partial charge in [-0.2, -0.15) is 0 Å². The second kappa shape index (κ2) is 3.59. The van der Waals surface area contributed by atoms with Crippen LogP contribution in [0.5, 0.6) is 0 Å². The molecule has 0 saturated carbocycles. The molecule has 1 aliphatic rings. The van der Waals surface area contributed by atoms with E-state index in [-0.39, 0.29) is 5.76 Å². The third-order valence-electron chi connectivity index (χ3n) is 2.70. The molecule has 3 rings (SSSR count). The average Bonchev–Trinajstić information content (AvgIpc) is 2.58. The zero-order chi connectivity index (χ0) is 11.8. The molecule has 0 unspecified atom stereocenters. The molecular weight excluding hydrogens is 218 g/mol. The summed E-state index contributed by atoms with van der Waals surface area (Å²) >= 11 is 0. The van der Waals surface area contributed by atoms with Crippen molar-refractivity contribution in [3.63, 3.8) is 0 Å². The van der Waals surface area contributed by atoms with E-state index in [0.29, 0.717) is 11.1 Å². The Labute approximate surface area is 97.2 Å². The summed E-state index contributed by atoms with van der Waals surface area (Å²) in [6, 6.07) is 5.65. The van der Waals surface area contributed by atoms with E-state index in [1.165, 1.54) is 7.11 Å². The topological polar surface area (TPSA) is 51.8 Å². The Bertz CT molecular complexity index is 665. The maximum atomic E-state index is 11.6. The molecule has 0 amide bonds. The number of hydrogen-bond acceptors (Lipinski definition) is 4. The van der Waals surface area contributed by atoms with Crippen LogP contribution in [0.2, 0.25) is 0 Å². The molecule has 1 aliphatic heterocycles. The lowest BCUT2D eigenvalue weighted by Crippen LogP contribution is -2.02. The molecule has 0 bridgehead atoms. The van der Waals surface area contributed by atoms with Gasteiger partial charge >= 0.3 is 5.97 Å². The van der Waals surface area contributed by atoms with Crippen LogP contribution in [0.4, 0.5) is 0 Å². The highest BCUT2D eigenvalue weighted by atomic mass is 16.5. The molecule has 1 aromatic carbocycles. The van der Waals surface area contributed by atoms with Gasteiger partial charge in [0.1, 0.15) is 5.58 Å². The highest BCUT2D eigenvalue weighted by Gasteiger charge is 2.21. The van der Waals surface area contributed by atoms with Crippen molar-refractivity contribution in [3.05, 3.63) is 41.3 Å². The molecule has 0 aliphatic carbocycles. The predicted molar refractivity (Wildman–Crippen MR) is 64.2 cm³/mol. The van der Waals surface area contributed by atoms with Crippen molar-refractivity contribution in [2.75, 3.05) is 7.11 Å². The lowest BCUT2D eigenvalue weighted by Gasteiger charge is -1.95. The summed E-state index contributed by atoms with van der Waals surface area (Å²) in [4.78, 5) is 15.7. The number of methoxy groups -OCH3 is 1. The molecule has 0 spiro atoms. The maximum Gasteiger partial charge on any atom is 0.374 e. The fraction of sp³-hybridized carbons (Fsp3) is 0.0769. The summed E-state index contributed by atoms with van der Waals surface area (Å²) in [5, 5.41) is 0.894. The number of nitrogens with zero attached hydrogens (tertiary/aromatic N) is 1. The average molecular weight is 227 g/mol. The van der Waals surface area contributed by atoms with Crippen LogP contribution in [-0.2, 0) is 4.74 Å². The van der Waals surface area contributed by atoms with Crippen LogP contribution in [0.1, 0.15) is 21.7 Å². The third-order valence-corrected chi connectivity index (χ3v) is 2.70. The van der Waals surface area contributed by atoms with Gasteiger partial charge < -0.3 is 9.15 Å². The van der Waals surface area contributed by atoms with Crippen LogP contribution in [-0.4, -0.2) is 19.3 Å². The van der Waals surface area contributed by atoms with Crippen molar-refractivity contribution >= 4 is 29.2 Å². The second-order valence-corrected chi connectivity index (χ2v) is 3.65. The maximum absolute atomic E-state index is 11.6. The second-order valence-electron chi connectivity index (χ2n) is 3.65. The molecule has 4 heteroatoms. The van der Waals surface area contributed by atoms with Crippen LogP contribution < -0.4 is 0 Å². The molecule has 17 heavy (non-hydrogen) atoms. The van der Waals surface area contributed by atoms with Crippen molar-refractivity contribution in [1.29, 1.82) is 0 Å². The first-order valence-corrected chi connectivity index (χ1v) is 5.15. The highest BCUT2D eigenvalue weighted by molar-refractivity contribution is 6.10. The fourth-order valence-electron chi connectivity index (χ4n) is 1.95. The Balaban J connectivity index is 2.41. The summed E-state index contributed by atoms with van der Waals surface area (Å²) in [7, 11) is 1.33. The van der Waals surface area contributed by atoms with Crippen LogP contribution in [0.3, 0.4) is 0 Å². The quantitative estimate of drug-likeness (QED) is 0.703. The lowest BCUT2D eigenvalue weighted by molar-refractivity contribution is 0.0567. The zero-order valence-electron chi connectivity index (χ0n) is 9.14. The van der Waals surface area contributed by atoms with Crippen molar-refractivity contribution in [3.8, 4) is 0 Å². The van der Waals surface area contributed by atoms with Gasteiger partial charge in [-0.25, -0.2) is 4.79 Å². The number of carbonyl (C=O) groups is 1. The molecule has 0 N–H and O–H groups in total. The summed E-state index contributed by atoms with van der Waals surface area (Å²) in [5.41, 5.74) is 2.32. The SMILES string of the molecule is COC(=O)c1oc2cccc3c2c1C=NC=C3. The summed E-state index contributed by atoms with van der Waals surface area (Å²) in [6.07, 6.45) is 5.19.